The van der Waals surface area contributed by atoms with Crippen LogP contribution in [0.3, 0.4) is 0 Å². The second kappa shape index (κ2) is 5.74. The highest BCUT2D eigenvalue weighted by Gasteiger charge is 2.27. The Bertz CT molecular complexity index is 430. The molecule has 2 rings (SSSR count). The first-order valence-corrected chi connectivity index (χ1v) is 7.04. The van der Waals surface area contributed by atoms with Gasteiger partial charge in [-0.1, -0.05) is 12.8 Å². The number of aromatic nitrogens is 2. The van der Waals surface area contributed by atoms with Crippen molar-refractivity contribution in [3.05, 3.63) is 17.5 Å². The Kier molecular flexibility index (Phi) is 4.27. The minimum atomic E-state index is 0.0770. The fourth-order valence-electron chi connectivity index (χ4n) is 2.57. The smallest absolute Gasteiger partial charge is 0.257 e. The van der Waals surface area contributed by atoms with Gasteiger partial charge in [-0.15, -0.1) is 11.6 Å². The molecule has 0 aliphatic carbocycles. The number of likely N-dealkylation sites (tertiary alicyclic amines) is 1. The first-order valence-electron chi connectivity index (χ1n) is 6.50. The van der Waals surface area contributed by atoms with Gasteiger partial charge in [-0.05, 0) is 19.8 Å². The molecule has 1 aliphatic rings. The largest absolute Gasteiger partial charge is 0.334 e. The van der Waals surface area contributed by atoms with Gasteiger partial charge in [0.25, 0.3) is 5.91 Å². The summed E-state index contributed by atoms with van der Waals surface area (Å²) < 4.78 is 1.69. The standard InChI is InChI=1S/C13H20ClN3O/c1-10-12(9-16(2)15-10)13(18)17-7-5-3-4-6-11(17)8-14/h9,11H,3-8H2,1-2H3. The van der Waals surface area contributed by atoms with Crippen LogP contribution in [0.2, 0.25) is 0 Å². The predicted molar refractivity (Wildman–Crippen MR) is 72.0 cm³/mol. The molecule has 2 heterocycles. The van der Waals surface area contributed by atoms with Crippen molar-refractivity contribution < 1.29 is 4.79 Å². The number of amides is 1. The van der Waals surface area contributed by atoms with Crippen molar-refractivity contribution in [2.24, 2.45) is 7.05 Å². The number of carbonyl (C=O) groups excluding carboxylic acids is 1. The van der Waals surface area contributed by atoms with Crippen LogP contribution >= 0.6 is 11.6 Å². The molecule has 1 fully saturated rings. The molecule has 100 valence electrons. The number of hydrogen-bond acceptors (Lipinski definition) is 2. The molecular formula is C13H20ClN3O. The molecule has 0 spiro atoms. The molecule has 0 radical (unpaired) electrons. The molecule has 0 saturated carbocycles. The first kappa shape index (κ1) is 13.4. The van der Waals surface area contributed by atoms with Gasteiger partial charge in [-0.25, -0.2) is 0 Å². The molecule has 0 N–H and O–H groups in total. The summed E-state index contributed by atoms with van der Waals surface area (Å²) in [6.45, 7) is 2.69. The van der Waals surface area contributed by atoms with Crippen molar-refractivity contribution >= 4 is 17.5 Å². The van der Waals surface area contributed by atoms with E-state index in [2.05, 4.69) is 5.10 Å². The Labute approximate surface area is 113 Å². The molecule has 1 aromatic rings. The molecule has 18 heavy (non-hydrogen) atoms. The summed E-state index contributed by atoms with van der Waals surface area (Å²) in [5.74, 6) is 0.596. The highest BCUT2D eigenvalue weighted by molar-refractivity contribution is 6.18. The summed E-state index contributed by atoms with van der Waals surface area (Å²) >= 11 is 6.01. The first-order chi connectivity index (χ1) is 8.63. The van der Waals surface area contributed by atoms with E-state index in [4.69, 9.17) is 11.6 Å². The predicted octanol–water partition coefficient (Wildman–Crippen LogP) is 2.35. The summed E-state index contributed by atoms with van der Waals surface area (Å²) in [5.41, 5.74) is 1.49. The van der Waals surface area contributed by atoms with Crippen molar-refractivity contribution in [2.45, 2.75) is 38.6 Å². The molecule has 1 unspecified atom stereocenters. The van der Waals surface area contributed by atoms with Gasteiger partial charge in [0, 0.05) is 31.7 Å². The van der Waals surface area contributed by atoms with Crippen molar-refractivity contribution in [1.29, 1.82) is 0 Å². The number of carbonyl (C=O) groups is 1. The molecule has 0 bridgehead atoms. The third-order valence-electron chi connectivity index (χ3n) is 3.56. The molecule has 1 aromatic heterocycles. The number of nitrogens with zero attached hydrogens (tertiary/aromatic N) is 3. The molecular weight excluding hydrogens is 250 g/mol. The number of rotatable bonds is 2. The molecule has 4 nitrogen and oxygen atoms in total. The van der Waals surface area contributed by atoms with Crippen molar-refractivity contribution in [2.75, 3.05) is 12.4 Å². The van der Waals surface area contributed by atoms with Gasteiger partial charge in [0.15, 0.2) is 0 Å². The molecule has 1 saturated heterocycles. The zero-order chi connectivity index (χ0) is 13.1. The third kappa shape index (κ3) is 2.69. The highest BCUT2D eigenvalue weighted by Crippen LogP contribution is 2.21. The fraction of sp³-hybridized carbons (Fsp3) is 0.692. The molecule has 1 aliphatic heterocycles. The lowest BCUT2D eigenvalue weighted by molar-refractivity contribution is 0.0699. The second-order valence-corrected chi connectivity index (χ2v) is 5.27. The highest BCUT2D eigenvalue weighted by atomic mass is 35.5. The van der Waals surface area contributed by atoms with E-state index in [1.807, 2.05) is 18.9 Å². The van der Waals surface area contributed by atoms with Crippen LogP contribution in [0.15, 0.2) is 6.20 Å². The SMILES string of the molecule is Cc1nn(C)cc1C(=O)N1CCCCCC1CCl. The van der Waals surface area contributed by atoms with Gasteiger partial charge >= 0.3 is 0 Å². The van der Waals surface area contributed by atoms with Crippen LogP contribution in [-0.2, 0) is 7.05 Å². The van der Waals surface area contributed by atoms with E-state index in [0.29, 0.717) is 11.4 Å². The summed E-state index contributed by atoms with van der Waals surface area (Å²) in [6.07, 6.45) is 6.22. The van der Waals surface area contributed by atoms with Gasteiger partial charge in [-0.3, -0.25) is 9.48 Å². The summed E-state index contributed by atoms with van der Waals surface area (Å²) in [6, 6.07) is 0.168. The van der Waals surface area contributed by atoms with E-state index in [9.17, 15) is 4.79 Å². The van der Waals surface area contributed by atoms with Crippen LogP contribution < -0.4 is 0 Å². The second-order valence-electron chi connectivity index (χ2n) is 4.96. The molecule has 1 amide bonds. The Morgan fingerprint density at radius 1 is 1.50 bits per heavy atom. The molecule has 0 aromatic carbocycles. The Hall–Kier alpha value is -1.03. The molecule has 5 heteroatoms. The minimum absolute atomic E-state index is 0.0770. The lowest BCUT2D eigenvalue weighted by atomic mass is 10.1. The van der Waals surface area contributed by atoms with Gasteiger partial charge in [0.2, 0.25) is 0 Å². The minimum Gasteiger partial charge on any atom is -0.334 e. The van der Waals surface area contributed by atoms with Gasteiger partial charge < -0.3 is 4.90 Å². The van der Waals surface area contributed by atoms with Crippen LogP contribution in [0.5, 0.6) is 0 Å². The van der Waals surface area contributed by atoms with Gasteiger partial charge in [0.05, 0.1) is 11.3 Å². The van der Waals surface area contributed by atoms with Gasteiger partial charge in [0.1, 0.15) is 0 Å². The van der Waals surface area contributed by atoms with Crippen LogP contribution in [-0.4, -0.2) is 39.1 Å². The lowest BCUT2D eigenvalue weighted by Gasteiger charge is -2.28. The number of aryl methyl sites for hydroxylation is 2. The lowest BCUT2D eigenvalue weighted by Crippen LogP contribution is -2.41. The fourth-order valence-corrected chi connectivity index (χ4v) is 2.89. The normalized spacial score (nSPS) is 20.8. The molecule has 1 atom stereocenters. The maximum Gasteiger partial charge on any atom is 0.257 e. The number of hydrogen-bond donors (Lipinski definition) is 0. The number of halogens is 1. The van der Waals surface area contributed by atoms with E-state index < -0.39 is 0 Å². The maximum atomic E-state index is 12.6. The summed E-state index contributed by atoms with van der Waals surface area (Å²) in [7, 11) is 1.84. The summed E-state index contributed by atoms with van der Waals surface area (Å²) in [4.78, 5) is 14.5. The van der Waals surface area contributed by atoms with E-state index in [0.717, 1.165) is 31.5 Å². The van der Waals surface area contributed by atoms with E-state index in [1.165, 1.54) is 6.42 Å². The average Bonchev–Trinajstić information content (AvgIpc) is 2.56. The van der Waals surface area contributed by atoms with E-state index >= 15 is 0 Å². The Morgan fingerprint density at radius 3 is 2.89 bits per heavy atom. The maximum absolute atomic E-state index is 12.6. The van der Waals surface area contributed by atoms with Crippen molar-refractivity contribution in [3.63, 3.8) is 0 Å². The van der Waals surface area contributed by atoms with Gasteiger partial charge in [-0.2, -0.15) is 5.10 Å². The van der Waals surface area contributed by atoms with Crippen molar-refractivity contribution in [1.82, 2.24) is 14.7 Å². The van der Waals surface area contributed by atoms with Crippen LogP contribution in [0.1, 0.15) is 41.7 Å². The van der Waals surface area contributed by atoms with Crippen LogP contribution in [0.4, 0.5) is 0 Å². The van der Waals surface area contributed by atoms with Crippen molar-refractivity contribution in [3.8, 4) is 0 Å². The van der Waals surface area contributed by atoms with E-state index in [1.54, 1.807) is 10.9 Å². The topological polar surface area (TPSA) is 38.1 Å². The quantitative estimate of drug-likeness (QED) is 0.773. The van der Waals surface area contributed by atoms with Crippen LogP contribution in [0, 0.1) is 6.92 Å². The van der Waals surface area contributed by atoms with E-state index in [-0.39, 0.29) is 11.9 Å². The Morgan fingerprint density at radius 2 is 2.28 bits per heavy atom. The zero-order valence-corrected chi connectivity index (χ0v) is 11.8. The number of alkyl halides is 1. The zero-order valence-electron chi connectivity index (χ0n) is 11.0. The average molecular weight is 270 g/mol. The monoisotopic (exact) mass is 269 g/mol. The third-order valence-corrected chi connectivity index (χ3v) is 3.92. The summed E-state index contributed by atoms with van der Waals surface area (Å²) in [5, 5.41) is 4.24. The Balaban J connectivity index is 2.22. The van der Waals surface area contributed by atoms with Crippen LogP contribution in [0.25, 0.3) is 0 Å².